The Kier molecular flexibility index (Phi) is 5.49. The fraction of sp³-hybridized carbons (Fsp3) is 0.176. The van der Waals surface area contributed by atoms with Crippen molar-refractivity contribution in [3.63, 3.8) is 0 Å². The van der Waals surface area contributed by atoms with Gasteiger partial charge in [0.15, 0.2) is 0 Å². The number of primary amides is 1. The van der Waals surface area contributed by atoms with Crippen LogP contribution in [0.3, 0.4) is 0 Å². The van der Waals surface area contributed by atoms with Gasteiger partial charge in [-0.05, 0) is 37.6 Å². The van der Waals surface area contributed by atoms with Crippen LogP contribution in [-0.2, 0) is 0 Å². The number of benzene rings is 1. The molecule has 4 N–H and O–H groups in total. The third kappa shape index (κ3) is 3.69. The number of anilines is 2. The maximum atomic E-state index is 14.0. The predicted molar refractivity (Wildman–Crippen MR) is 89.7 cm³/mol. The molecule has 126 valence electrons. The van der Waals surface area contributed by atoms with Crippen molar-refractivity contribution < 1.29 is 18.7 Å². The summed E-state index contributed by atoms with van der Waals surface area (Å²) in [6, 6.07) is 6.35. The fourth-order valence-corrected chi connectivity index (χ4v) is 2.10. The summed E-state index contributed by atoms with van der Waals surface area (Å²) in [5, 5.41) is 11.0. The summed E-state index contributed by atoms with van der Waals surface area (Å²) in [6.45, 7) is 3.72. The van der Waals surface area contributed by atoms with Crippen LogP contribution in [0.4, 0.5) is 15.8 Å². The lowest BCUT2D eigenvalue weighted by atomic mass is 10.2. The van der Waals surface area contributed by atoms with Crippen molar-refractivity contribution in [2.75, 3.05) is 11.9 Å². The number of halogens is 1. The Bertz CT molecular complexity index is 861. The number of amides is 1. The van der Waals surface area contributed by atoms with E-state index < -0.39 is 11.7 Å². The van der Waals surface area contributed by atoms with Crippen LogP contribution in [0.25, 0.3) is 11.0 Å². The number of carbonyl (C=O) groups excluding carboxylic acids is 1. The molecule has 3 aromatic rings. The van der Waals surface area contributed by atoms with E-state index >= 15 is 0 Å². The van der Waals surface area contributed by atoms with Crippen LogP contribution in [0, 0.1) is 12.7 Å². The minimum atomic E-state index is -0.735. The highest BCUT2D eigenvalue weighted by molar-refractivity contribution is 6.06. The molecule has 6 nitrogen and oxygen atoms in total. The van der Waals surface area contributed by atoms with Gasteiger partial charge < -0.3 is 20.6 Å². The summed E-state index contributed by atoms with van der Waals surface area (Å²) < 4.78 is 19.3. The summed E-state index contributed by atoms with van der Waals surface area (Å²) in [4.78, 5) is 15.5. The molecule has 2 heterocycles. The van der Waals surface area contributed by atoms with E-state index in [2.05, 4.69) is 10.3 Å². The Hall–Kier alpha value is -2.93. The molecule has 0 aliphatic rings. The molecule has 0 fully saturated rings. The topological polar surface area (TPSA) is 101 Å². The summed E-state index contributed by atoms with van der Waals surface area (Å²) in [5.41, 5.74) is 7.10. The van der Waals surface area contributed by atoms with Crippen molar-refractivity contribution in [1.82, 2.24) is 4.98 Å². The zero-order valence-electron chi connectivity index (χ0n) is 13.3. The zero-order chi connectivity index (χ0) is 17.7. The fourth-order valence-electron chi connectivity index (χ4n) is 2.10. The Labute approximate surface area is 138 Å². The molecule has 0 aliphatic carbocycles. The summed E-state index contributed by atoms with van der Waals surface area (Å²) in [5.74, 6) is -1.22. The molecule has 3 rings (SSSR count). The quantitative estimate of drug-likeness (QED) is 0.684. The van der Waals surface area contributed by atoms with Crippen LogP contribution in [0.15, 0.2) is 41.1 Å². The van der Waals surface area contributed by atoms with E-state index in [0.29, 0.717) is 16.7 Å². The maximum absolute atomic E-state index is 14.0. The third-order valence-electron chi connectivity index (χ3n) is 3.10. The summed E-state index contributed by atoms with van der Waals surface area (Å²) in [6.07, 6.45) is 3.06. The average Bonchev–Trinajstić information content (AvgIpc) is 2.90. The summed E-state index contributed by atoms with van der Waals surface area (Å²) in [7, 11) is 0. The lowest BCUT2D eigenvalue weighted by Crippen LogP contribution is -2.11. The van der Waals surface area contributed by atoms with Gasteiger partial charge in [0.2, 0.25) is 5.76 Å². The van der Waals surface area contributed by atoms with E-state index in [-0.39, 0.29) is 18.1 Å². The van der Waals surface area contributed by atoms with Crippen molar-refractivity contribution in [3.8, 4) is 0 Å². The number of nitrogens with zero attached hydrogens (tertiary/aromatic N) is 1. The monoisotopic (exact) mass is 331 g/mol. The van der Waals surface area contributed by atoms with Crippen LogP contribution < -0.4 is 11.1 Å². The number of fused-ring (bicyclic) bond motifs is 1. The number of hydrogen-bond donors (Lipinski definition) is 3. The third-order valence-corrected chi connectivity index (χ3v) is 3.10. The van der Waals surface area contributed by atoms with Crippen molar-refractivity contribution in [3.05, 3.63) is 53.8 Å². The van der Waals surface area contributed by atoms with E-state index in [9.17, 15) is 9.18 Å². The first kappa shape index (κ1) is 17.4. The Balaban J connectivity index is 0.000000647. The van der Waals surface area contributed by atoms with E-state index in [1.807, 2.05) is 0 Å². The molecule has 0 spiro atoms. The molecule has 7 heteroatoms. The summed E-state index contributed by atoms with van der Waals surface area (Å²) >= 11 is 0. The number of nitrogens with two attached hydrogens (primary N) is 1. The van der Waals surface area contributed by atoms with Crippen LogP contribution in [-0.4, -0.2) is 22.6 Å². The number of aliphatic hydroxyl groups is 1. The number of hydrogen-bond acceptors (Lipinski definition) is 5. The minimum absolute atomic E-state index is 0.0574. The number of aliphatic hydroxyl groups excluding tert-OH is 1. The second kappa shape index (κ2) is 7.56. The van der Waals surface area contributed by atoms with E-state index in [1.54, 1.807) is 32.0 Å². The molecule has 0 bridgehead atoms. The van der Waals surface area contributed by atoms with Crippen LogP contribution in [0.5, 0.6) is 0 Å². The smallest absolute Gasteiger partial charge is 0.286 e. The van der Waals surface area contributed by atoms with Gasteiger partial charge in [0.1, 0.15) is 17.1 Å². The Morgan fingerprint density at radius 3 is 2.75 bits per heavy atom. The molecule has 0 saturated carbocycles. The molecule has 2 aromatic heterocycles. The van der Waals surface area contributed by atoms with Gasteiger partial charge in [0, 0.05) is 19.0 Å². The highest BCUT2D eigenvalue weighted by Crippen LogP contribution is 2.33. The van der Waals surface area contributed by atoms with E-state index in [1.165, 1.54) is 18.5 Å². The maximum Gasteiger partial charge on any atom is 0.286 e. The number of aryl methyl sites for hydroxylation is 1. The molecule has 0 unspecified atom stereocenters. The van der Waals surface area contributed by atoms with Gasteiger partial charge in [-0.15, -0.1) is 0 Å². The molecule has 0 radical (unpaired) electrons. The van der Waals surface area contributed by atoms with Crippen molar-refractivity contribution in [1.29, 1.82) is 0 Å². The first-order chi connectivity index (χ1) is 11.5. The lowest BCUT2D eigenvalue weighted by molar-refractivity contribution is 0.0977. The van der Waals surface area contributed by atoms with Gasteiger partial charge in [-0.2, -0.15) is 0 Å². The predicted octanol–water partition coefficient (Wildman–Crippen LogP) is 3.12. The number of pyridine rings is 1. The van der Waals surface area contributed by atoms with Gasteiger partial charge in [0.25, 0.3) is 5.91 Å². The highest BCUT2D eigenvalue weighted by Gasteiger charge is 2.19. The molecule has 24 heavy (non-hydrogen) atoms. The second-order valence-electron chi connectivity index (χ2n) is 4.97. The van der Waals surface area contributed by atoms with Crippen molar-refractivity contribution in [2.24, 2.45) is 5.73 Å². The van der Waals surface area contributed by atoms with Gasteiger partial charge in [-0.3, -0.25) is 9.78 Å². The minimum Gasteiger partial charge on any atom is -0.448 e. The molecule has 0 aliphatic heterocycles. The van der Waals surface area contributed by atoms with E-state index in [0.717, 1.165) is 5.56 Å². The Morgan fingerprint density at radius 2 is 2.12 bits per heavy atom. The molecular weight excluding hydrogens is 313 g/mol. The first-order valence-electron chi connectivity index (χ1n) is 7.28. The largest absolute Gasteiger partial charge is 0.448 e. The first-order valence-corrected chi connectivity index (χ1v) is 7.28. The van der Waals surface area contributed by atoms with Gasteiger partial charge in [-0.1, -0.05) is 6.07 Å². The zero-order valence-corrected chi connectivity index (χ0v) is 13.3. The number of furan rings is 1. The van der Waals surface area contributed by atoms with Crippen molar-refractivity contribution >= 4 is 28.3 Å². The average molecular weight is 331 g/mol. The molecule has 0 atom stereocenters. The number of rotatable bonds is 3. The van der Waals surface area contributed by atoms with Gasteiger partial charge >= 0.3 is 0 Å². The van der Waals surface area contributed by atoms with Gasteiger partial charge in [0.05, 0.1) is 11.1 Å². The second-order valence-corrected chi connectivity index (χ2v) is 4.97. The number of aromatic nitrogens is 1. The van der Waals surface area contributed by atoms with Crippen LogP contribution in [0.1, 0.15) is 23.0 Å². The number of carbonyl (C=O) groups is 1. The normalized spacial score (nSPS) is 10.2. The van der Waals surface area contributed by atoms with Gasteiger partial charge in [-0.25, -0.2) is 4.39 Å². The number of nitrogens with one attached hydrogen (secondary N) is 1. The lowest BCUT2D eigenvalue weighted by Gasteiger charge is -2.07. The molecule has 1 aromatic carbocycles. The SMILES string of the molecule is CCO.Cc1ccc(Nc2c(C(N)=O)oc3ccncc23)c(F)c1. The van der Waals surface area contributed by atoms with Crippen LogP contribution >= 0.6 is 0 Å². The molecular formula is C17H18FN3O3. The Morgan fingerprint density at radius 1 is 1.42 bits per heavy atom. The standard InChI is InChI=1S/C15H12FN3O2.C2H6O/c1-8-2-3-11(10(16)6-8)19-13-9-7-18-5-4-12(9)21-14(13)15(17)20;1-2-3/h2-7,19H,1H3,(H2,17,20);3H,2H2,1H3. The van der Waals surface area contributed by atoms with E-state index in [4.69, 9.17) is 15.3 Å². The van der Waals surface area contributed by atoms with Crippen LogP contribution in [0.2, 0.25) is 0 Å². The molecule has 0 saturated heterocycles. The van der Waals surface area contributed by atoms with Crippen molar-refractivity contribution in [2.45, 2.75) is 13.8 Å². The highest BCUT2D eigenvalue weighted by atomic mass is 19.1. The molecule has 1 amide bonds.